The average molecular weight is 247 g/mol. The molecule has 18 heavy (non-hydrogen) atoms. The Bertz CT molecular complexity index is 396. The molecule has 1 aromatic carbocycles. The van der Waals surface area contributed by atoms with Crippen LogP contribution < -0.4 is 5.32 Å². The molecule has 0 bridgehead atoms. The van der Waals surface area contributed by atoms with E-state index in [-0.39, 0.29) is 12.0 Å². The lowest BCUT2D eigenvalue weighted by Crippen LogP contribution is -2.28. The molecule has 0 aromatic heterocycles. The van der Waals surface area contributed by atoms with Crippen molar-refractivity contribution < 1.29 is 9.53 Å². The van der Waals surface area contributed by atoms with Gasteiger partial charge in [-0.2, -0.15) is 0 Å². The first kappa shape index (κ1) is 14.5. The van der Waals surface area contributed by atoms with Crippen molar-refractivity contribution in [3.05, 3.63) is 41.5 Å². The van der Waals surface area contributed by atoms with Crippen LogP contribution in [0.25, 0.3) is 6.08 Å². The monoisotopic (exact) mass is 247 g/mol. The molecule has 0 saturated heterocycles. The highest BCUT2D eigenvalue weighted by Gasteiger charge is 2.03. The molecule has 0 aliphatic carbocycles. The second kappa shape index (κ2) is 7.67. The Morgan fingerprint density at radius 2 is 2.00 bits per heavy atom. The number of hydrogen-bond donors (Lipinski definition) is 1. The van der Waals surface area contributed by atoms with Crippen LogP contribution in [0.3, 0.4) is 0 Å². The van der Waals surface area contributed by atoms with Crippen molar-refractivity contribution in [2.45, 2.75) is 26.9 Å². The maximum Gasteiger partial charge on any atom is 0.247 e. The van der Waals surface area contributed by atoms with Crippen LogP contribution in [-0.2, 0) is 9.53 Å². The Balaban J connectivity index is 2.40. The van der Waals surface area contributed by atoms with E-state index < -0.39 is 0 Å². The molecule has 0 spiro atoms. The summed E-state index contributed by atoms with van der Waals surface area (Å²) in [5.41, 5.74) is 1.73. The summed E-state index contributed by atoms with van der Waals surface area (Å²) in [6.07, 6.45) is 2.07. The van der Waals surface area contributed by atoms with E-state index in [0.717, 1.165) is 5.56 Å². The first-order valence-electron chi connectivity index (χ1n) is 6.22. The Hall–Kier alpha value is -1.61. The second-order valence-corrected chi connectivity index (χ2v) is 4.41. The Morgan fingerprint density at radius 1 is 1.33 bits per heavy atom. The molecule has 3 heteroatoms. The molecular weight excluding hydrogens is 226 g/mol. The maximum absolute atomic E-state index is 11.8. The molecule has 0 atom stereocenters. The number of nitrogens with one attached hydrogen (secondary N) is 1. The van der Waals surface area contributed by atoms with Gasteiger partial charge in [0.15, 0.2) is 0 Å². The number of ether oxygens (including phenoxy) is 1. The van der Waals surface area contributed by atoms with Crippen molar-refractivity contribution in [2.75, 3.05) is 13.2 Å². The summed E-state index contributed by atoms with van der Waals surface area (Å²) in [5.74, 6) is -0.0498. The third-order valence-corrected chi connectivity index (χ3v) is 2.38. The summed E-state index contributed by atoms with van der Waals surface area (Å²) < 4.78 is 5.36. The largest absolute Gasteiger partial charge is 0.377 e. The molecule has 1 rings (SSSR count). The van der Waals surface area contributed by atoms with Gasteiger partial charge in [0, 0.05) is 12.1 Å². The molecule has 1 amide bonds. The minimum absolute atomic E-state index is 0.0498. The van der Waals surface area contributed by atoms with Gasteiger partial charge in [-0.3, -0.25) is 4.79 Å². The fourth-order valence-electron chi connectivity index (χ4n) is 1.46. The van der Waals surface area contributed by atoms with E-state index in [1.54, 1.807) is 0 Å². The number of carbonyl (C=O) groups is 1. The fourth-order valence-corrected chi connectivity index (χ4v) is 1.46. The number of amides is 1. The van der Waals surface area contributed by atoms with Gasteiger partial charge in [-0.25, -0.2) is 0 Å². The van der Waals surface area contributed by atoms with Crippen LogP contribution in [0.4, 0.5) is 0 Å². The number of hydrogen-bond acceptors (Lipinski definition) is 2. The van der Waals surface area contributed by atoms with Gasteiger partial charge in [0.2, 0.25) is 5.91 Å². The van der Waals surface area contributed by atoms with Gasteiger partial charge in [0.05, 0.1) is 12.7 Å². The highest BCUT2D eigenvalue weighted by atomic mass is 16.5. The van der Waals surface area contributed by atoms with Crippen LogP contribution in [-0.4, -0.2) is 25.2 Å². The van der Waals surface area contributed by atoms with Gasteiger partial charge in [-0.05, 0) is 32.4 Å². The third-order valence-electron chi connectivity index (χ3n) is 2.38. The van der Waals surface area contributed by atoms with Gasteiger partial charge < -0.3 is 10.1 Å². The molecule has 0 radical (unpaired) electrons. The SMILES string of the molecule is C/C(=C\c1ccccc1)C(=O)NCCOC(C)C. The van der Waals surface area contributed by atoms with Crippen LogP contribution in [0.5, 0.6) is 0 Å². The minimum Gasteiger partial charge on any atom is -0.377 e. The van der Waals surface area contributed by atoms with Crippen molar-refractivity contribution in [2.24, 2.45) is 0 Å². The van der Waals surface area contributed by atoms with E-state index >= 15 is 0 Å². The molecule has 0 unspecified atom stereocenters. The van der Waals surface area contributed by atoms with E-state index in [0.29, 0.717) is 18.7 Å². The highest BCUT2D eigenvalue weighted by Crippen LogP contribution is 2.05. The second-order valence-electron chi connectivity index (χ2n) is 4.41. The van der Waals surface area contributed by atoms with E-state index in [4.69, 9.17) is 4.74 Å². The molecule has 1 N–H and O–H groups in total. The van der Waals surface area contributed by atoms with Crippen molar-refractivity contribution in [3.63, 3.8) is 0 Å². The van der Waals surface area contributed by atoms with Gasteiger partial charge in [0.25, 0.3) is 0 Å². The predicted molar refractivity (Wildman–Crippen MR) is 74.2 cm³/mol. The fraction of sp³-hybridized carbons (Fsp3) is 0.400. The summed E-state index contributed by atoms with van der Waals surface area (Å²) in [6.45, 7) is 6.84. The zero-order valence-electron chi connectivity index (χ0n) is 11.3. The van der Waals surface area contributed by atoms with Crippen molar-refractivity contribution in [3.8, 4) is 0 Å². The van der Waals surface area contributed by atoms with E-state index in [1.807, 2.05) is 57.2 Å². The van der Waals surface area contributed by atoms with Crippen LogP contribution in [0, 0.1) is 0 Å². The molecule has 0 aliphatic heterocycles. The average Bonchev–Trinajstić information content (AvgIpc) is 2.35. The van der Waals surface area contributed by atoms with E-state index in [2.05, 4.69) is 5.32 Å². The smallest absolute Gasteiger partial charge is 0.247 e. The first-order valence-corrected chi connectivity index (χ1v) is 6.22. The predicted octanol–water partition coefficient (Wildman–Crippen LogP) is 2.63. The van der Waals surface area contributed by atoms with Crippen molar-refractivity contribution in [1.29, 1.82) is 0 Å². The molecule has 0 aliphatic rings. The van der Waals surface area contributed by atoms with E-state index in [9.17, 15) is 4.79 Å². The molecule has 0 fully saturated rings. The molecular formula is C15H21NO2. The van der Waals surface area contributed by atoms with Gasteiger partial charge in [0.1, 0.15) is 0 Å². The number of carbonyl (C=O) groups excluding carboxylic acids is 1. The van der Waals surface area contributed by atoms with Crippen molar-refractivity contribution >= 4 is 12.0 Å². The normalized spacial score (nSPS) is 11.7. The van der Waals surface area contributed by atoms with Gasteiger partial charge in [-0.1, -0.05) is 30.3 Å². The maximum atomic E-state index is 11.8. The quantitative estimate of drug-likeness (QED) is 0.620. The summed E-state index contributed by atoms with van der Waals surface area (Å²) >= 11 is 0. The molecule has 1 aromatic rings. The number of benzene rings is 1. The lowest BCUT2D eigenvalue weighted by Gasteiger charge is -2.08. The summed E-state index contributed by atoms with van der Waals surface area (Å²) in [4.78, 5) is 11.8. The van der Waals surface area contributed by atoms with Gasteiger partial charge in [-0.15, -0.1) is 0 Å². The third kappa shape index (κ3) is 5.64. The van der Waals surface area contributed by atoms with Crippen LogP contribution >= 0.6 is 0 Å². The zero-order chi connectivity index (χ0) is 13.4. The Labute approximate surface area is 109 Å². The number of rotatable bonds is 6. The lowest BCUT2D eigenvalue weighted by atomic mass is 10.1. The van der Waals surface area contributed by atoms with E-state index in [1.165, 1.54) is 0 Å². The summed E-state index contributed by atoms with van der Waals surface area (Å²) in [7, 11) is 0. The Morgan fingerprint density at radius 3 is 2.61 bits per heavy atom. The highest BCUT2D eigenvalue weighted by molar-refractivity contribution is 5.97. The topological polar surface area (TPSA) is 38.3 Å². The molecule has 0 heterocycles. The minimum atomic E-state index is -0.0498. The van der Waals surface area contributed by atoms with Crippen LogP contribution in [0.15, 0.2) is 35.9 Å². The summed E-state index contributed by atoms with van der Waals surface area (Å²) in [6, 6.07) is 9.80. The zero-order valence-corrected chi connectivity index (χ0v) is 11.3. The Kier molecular flexibility index (Phi) is 6.15. The van der Waals surface area contributed by atoms with Crippen LogP contribution in [0.1, 0.15) is 26.3 Å². The van der Waals surface area contributed by atoms with Crippen LogP contribution in [0.2, 0.25) is 0 Å². The molecule has 3 nitrogen and oxygen atoms in total. The molecule has 98 valence electrons. The standard InChI is InChI=1S/C15H21NO2/c1-12(2)18-10-9-16-15(17)13(3)11-14-7-5-4-6-8-14/h4-8,11-12H,9-10H2,1-3H3,(H,16,17)/b13-11+. The van der Waals surface area contributed by atoms with Crippen molar-refractivity contribution in [1.82, 2.24) is 5.32 Å². The van der Waals surface area contributed by atoms with Gasteiger partial charge >= 0.3 is 0 Å². The molecule has 0 saturated carbocycles. The summed E-state index contributed by atoms with van der Waals surface area (Å²) in [5, 5.41) is 2.83. The lowest BCUT2D eigenvalue weighted by molar-refractivity contribution is -0.117. The first-order chi connectivity index (χ1) is 8.59.